The smallest absolute Gasteiger partial charge is 0.170 e. The number of carbonyl (C=O) groups excluding carboxylic acids is 1. The van der Waals surface area contributed by atoms with E-state index in [1.807, 2.05) is 0 Å². The van der Waals surface area contributed by atoms with Gasteiger partial charge in [-0.2, -0.15) is 0 Å². The maximum atomic E-state index is 12.9. The van der Waals surface area contributed by atoms with Crippen molar-refractivity contribution in [2.75, 3.05) is 0 Å². The second kappa shape index (κ2) is 4.53. The number of halogens is 1. The molecule has 1 heterocycles. The zero-order chi connectivity index (χ0) is 12.4. The summed E-state index contributed by atoms with van der Waals surface area (Å²) in [6, 6.07) is 6.16. The average molecular weight is 232 g/mol. The fourth-order valence-corrected chi connectivity index (χ4v) is 1.72. The second-order valence-electron chi connectivity index (χ2n) is 4.12. The first kappa shape index (κ1) is 11.6. The summed E-state index contributed by atoms with van der Waals surface area (Å²) >= 11 is 0. The van der Waals surface area contributed by atoms with Gasteiger partial charge in [-0.15, -0.1) is 0 Å². The lowest BCUT2D eigenvalue weighted by Crippen LogP contribution is -2.03. The lowest BCUT2D eigenvalue weighted by molar-refractivity contribution is 0.0992. The minimum atomic E-state index is -0.280. The standard InChI is InChI=1S/C14H13FO2/c1-9-5-13(15)4-3-11(9)7-14(16)12-6-10(2)17-8-12/h3-6,8H,7H2,1-2H3. The number of aryl methyl sites for hydroxylation is 2. The third-order valence-electron chi connectivity index (χ3n) is 2.71. The monoisotopic (exact) mass is 232 g/mol. The Bertz CT molecular complexity index is 555. The maximum absolute atomic E-state index is 12.9. The van der Waals surface area contributed by atoms with Gasteiger partial charge >= 0.3 is 0 Å². The van der Waals surface area contributed by atoms with Crippen molar-refractivity contribution in [1.29, 1.82) is 0 Å². The van der Waals surface area contributed by atoms with Crippen molar-refractivity contribution in [3.05, 3.63) is 58.8 Å². The van der Waals surface area contributed by atoms with Gasteiger partial charge in [0, 0.05) is 6.42 Å². The molecule has 0 saturated heterocycles. The summed E-state index contributed by atoms with van der Waals surface area (Å²) in [7, 11) is 0. The van der Waals surface area contributed by atoms with Crippen molar-refractivity contribution < 1.29 is 13.6 Å². The molecule has 1 aromatic heterocycles. The molecular weight excluding hydrogens is 219 g/mol. The molecule has 0 amide bonds. The summed E-state index contributed by atoms with van der Waals surface area (Å²) in [6.07, 6.45) is 1.72. The van der Waals surface area contributed by atoms with E-state index in [0.717, 1.165) is 11.1 Å². The number of furan rings is 1. The maximum Gasteiger partial charge on any atom is 0.170 e. The Morgan fingerprint density at radius 1 is 1.29 bits per heavy atom. The molecule has 0 aliphatic carbocycles. The van der Waals surface area contributed by atoms with Gasteiger partial charge in [-0.1, -0.05) is 6.07 Å². The summed E-state index contributed by atoms with van der Waals surface area (Å²) in [4.78, 5) is 11.9. The largest absolute Gasteiger partial charge is 0.469 e. The van der Waals surface area contributed by atoms with E-state index in [9.17, 15) is 9.18 Å². The molecule has 0 bridgehead atoms. The van der Waals surface area contributed by atoms with Crippen molar-refractivity contribution in [2.45, 2.75) is 20.3 Å². The van der Waals surface area contributed by atoms with Gasteiger partial charge in [0.05, 0.1) is 5.56 Å². The van der Waals surface area contributed by atoms with E-state index in [2.05, 4.69) is 0 Å². The summed E-state index contributed by atoms with van der Waals surface area (Å²) in [6.45, 7) is 3.59. The minimum absolute atomic E-state index is 0.0171. The molecule has 2 nitrogen and oxygen atoms in total. The number of ketones is 1. The summed E-state index contributed by atoms with van der Waals surface area (Å²) < 4.78 is 18.0. The molecule has 3 heteroatoms. The van der Waals surface area contributed by atoms with Crippen molar-refractivity contribution >= 4 is 5.78 Å². The molecule has 88 valence electrons. The van der Waals surface area contributed by atoms with Crippen LogP contribution in [0.1, 0.15) is 27.2 Å². The van der Waals surface area contributed by atoms with E-state index in [1.165, 1.54) is 18.4 Å². The molecule has 2 rings (SSSR count). The lowest BCUT2D eigenvalue weighted by Gasteiger charge is -2.03. The molecule has 2 aromatic rings. The van der Waals surface area contributed by atoms with E-state index in [0.29, 0.717) is 11.3 Å². The highest BCUT2D eigenvalue weighted by Gasteiger charge is 2.11. The molecule has 0 spiro atoms. The van der Waals surface area contributed by atoms with E-state index in [-0.39, 0.29) is 18.0 Å². The van der Waals surface area contributed by atoms with Gasteiger partial charge in [0.1, 0.15) is 17.8 Å². The van der Waals surface area contributed by atoms with E-state index in [4.69, 9.17) is 4.42 Å². The summed E-state index contributed by atoms with van der Waals surface area (Å²) in [5.41, 5.74) is 2.19. The molecule has 0 fully saturated rings. The first-order valence-corrected chi connectivity index (χ1v) is 5.39. The number of hydrogen-bond donors (Lipinski definition) is 0. The third-order valence-corrected chi connectivity index (χ3v) is 2.71. The van der Waals surface area contributed by atoms with Crippen LogP contribution in [0.3, 0.4) is 0 Å². The van der Waals surface area contributed by atoms with Crippen LogP contribution in [0, 0.1) is 19.7 Å². The fraction of sp³-hybridized carbons (Fsp3) is 0.214. The van der Waals surface area contributed by atoms with Crippen LogP contribution in [-0.2, 0) is 6.42 Å². The van der Waals surface area contributed by atoms with Crippen molar-refractivity contribution in [1.82, 2.24) is 0 Å². The predicted octanol–water partition coefficient (Wildman–Crippen LogP) is 3.46. The Hall–Kier alpha value is -1.90. The van der Waals surface area contributed by atoms with Gasteiger partial charge in [0.25, 0.3) is 0 Å². The molecular formula is C14H13FO2. The van der Waals surface area contributed by atoms with Gasteiger partial charge in [-0.05, 0) is 43.2 Å². The van der Waals surface area contributed by atoms with Crippen molar-refractivity contribution in [3.8, 4) is 0 Å². The topological polar surface area (TPSA) is 30.2 Å². The highest BCUT2D eigenvalue weighted by atomic mass is 19.1. The van der Waals surface area contributed by atoms with Gasteiger partial charge in [0.15, 0.2) is 5.78 Å². The van der Waals surface area contributed by atoms with Gasteiger partial charge in [-0.25, -0.2) is 4.39 Å². The number of benzene rings is 1. The van der Waals surface area contributed by atoms with Crippen molar-refractivity contribution in [3.63, 3.8) is 0 Å². The minimum Gasteiger partial charge on any atom is -0.469 e. The van der Waals surface area contributed by atoms with Crippen LogP contribution in [0.2, 0.25) is 0 Å². The van der Waals surface area contributed by atoms with Crippen LogP contribution < -0.4 is 0 Å². The van der Waals surface area contributed by atoms with E-state index < -0.39 is 0 Å². The SMILES string of the molecule is Cc1cc(C(=O)Cc2ccc(F)cc2C)co1. The van der Waals surface area contributed by atoms with E-state index >= 15 is 0 Å². The average Bonchev–Trinajstić information content (AvgIpc) is 2.69. The van der Waals surface area contributed by atoms with Gasteiger partial charge < -0.3 is 4.42 Å². The Labute approximate surface area is 99.1 Å². The fourth-order valence-electron chi connectivity index (χ4n) is 1.72. The number of carbonyl (C=O) groups is 1. The van der Waals surface area contributed by atoms with Crippen LogP contribution >= 0.6 is 0 Å². The second-order valence-corrected chi connectivity index (χ2v) is 4.12. The molecule has 0 unspecified atom stereocenters. The summed E-state index contributed by atoms with van der Waals surface area (Å²) in [5.74, 6) is 0.415. The highest BCUT2D eigenvalue weighted by Crippen LogP contribution is 2.15. The van der Waals surface area contributed by atoms with Gasteiger partial charge in [0.2, 0.25) is 0 Å². The first-order valence-electron chi connectivity index (χ1n) is 5.39. The Morgan fingerprint density at radius 3 is 2.65 bits per heavy atom. The van der Waals surface area contributed by atoms with Crippen LogP contribution in [0.15, 0.2) is 34.9 Å². The van der Waals surface area contributed by atoms with Gasteiger partial charge in [-0.3, -0.25) is 4.79 Å². The van der Waals surface area contributed by atoms with E-state index in [1.54, 1.807) is 26.0 Å². The number of hydrogen-bond acceptors (Lipinski definition) is 2. The molecule has 0 aliphatic rings. The Balaban J connectivity index is 2.18. The molecule has 0 radical (unpaired) electrons. The zero-order valence-corrected chi connectivity index (χ0v) is 9.79. The normalized spacial score (nSPS) is 10.5. The molecule has 0 N–H and O–H groups in total. The van der Waals surface area contributed by atoms with Crippen molar-refractivity contribution in [2.24, 2.45) is 0 Å². The van der Waals surface area contributed by atoms with Crippen LogP contribution in [0.5, 0.6) is 0 Å². The molecule has 1 aromatic carbocycles. The molecule has 0 atom stereocenters. The summed E-state index contributed by atoms with van der Waals surface area (Å²) in [5, 5.41) is 0. The molecule has 0 aliphatic heterocycles. The quantitative estimate of drug-likeness (QED) is 0.758. The lowest BCUT2D eigenvalue weighted by atomic mass is 10.0. The number of rotatable bonds is 3. The predicted molar refractivity (Wildman–Crippen MR) is 62.6 cm³/mol. The highest BCUT2D eigenvalue weighted by molar-refractivity contribution is 5.97. The van der Waals surface area contributed by atoms with Crippen LogP contribution in [0.25, 0.3) is 0 Å². The first-order chi connectivity index (χ1) is 8.06. The molecule has 0 saturated carbocycles. The molecule has 17 heavy (non-hydrogen) atoms. The Kier molecular flexibility index (Phi) is 3.09. The third kappa shape index (κ3) is 2.61. The number of Topliss-reactive ketones (excluding diaryl/α,β-unsaturated/α-hetero) is 1. The van der Waals surface area contributed by atoms with Crippen LogP contribution in [-0.4, -0.2) is 5.78 Å². The Morgan fingerprint density at radius 2 is 2.06 bits per heavy atom. The van der Waals surface area contributed by atoms with Crippen LogP contribution in [0.4, 0.5) is 4.39 Å². The zero-order valence-electron chi connectivity index (χ0n) is 9.79.